The molecule has 2 heterocycles. The van der Waals surface area contributed by atoms with Gasteiger partial charge in [-0.25, -0.2) is 19.2 Å². The van der Waals surface area contributed by atoms with Crippen LogP contribution < -0.4 is 10.6 Å². The third kappa shape index (κ3) is 15.0. The van der Waals surface area contributed by atoms with E-state index in [1.165, 1.54) is 74.4 Å². The molecule has 2 unspecified atom stereocenters. The van der Waals surface area contributed by atoms with Gasteiger partial charge in [0.15, 0.2) is 0 Å². The first-order chi connectivity index (χ1) is 28.8. The number of rotatable bonds is 13. The number of nitrogens with zero attached hydrogens (tertiary/aromatic N) is 2. The molecule has 2 fully saturated rings. The number of hydrogen-bond acceptors (Lipinski definition) is 10. The molecule has 6 rings (SSSR count). The van der Waals surface area contributed by atoms with Crippen molar-refractivity contribution in [3.63, 3.8) is 0 Å². The number of hydrogen-bond donors (Lipinski definition) is 4. The summed E-state index contributed by atoms with van der Waals surface area (Å²) in [7, 11) is 4.15. The van der Waals surface area contributed by atoms with Gasteiger partial charge in [-0.15, -0.1) is 0 Å². The second-order valence-electron chi connectivity index (χ2n) is 15.8. The summed E-state index contributed by atoms with van der Waals surface area (Å²) in [6, 6.07) is 34.9. The molecule has 0 radical (unpaired) electrons. The van der Waals surface area contributed by atoms with Crippen molar-refractivity contribution in [2.75, 3.05) is 40.3 Å². The zero-order valence-electron chi connectivity index (χ0n) is 35.8. The molecule has 4 aromatic carbocycles. The van der Waals surface area contributed by atoms with Crippen molar-refractivity contribution in [1.82, 2.24) is 20.4 Å². The lowest BCUT2D eigenvalue weighted by Crippen LogP contribution is -2.48. The molecule has 2 saturated heterocycles. The molecule has 4 N–H and O–H groups in total. The molecular formula is C48H62N4O8. The van der Waals surface area contributed by atoms with Crippen LogP contribution in [-0.4, -0.2) is 108 Å². The van der Waals surface area contributed by atoms with Gasteiger partial charge in [0.05, 0.1) is 11.1 Å². The number of ether oxygens (including phenoxy) is 2. The van der Waals surface area contributed by atoms with E-state index in [2.05, 4.69) is 109 Å². The quantitative estimate of drug-likeness (QED) is 0.109. The highest BCUT2D eigenvalue weighted by atomic mass is 16.6. The summed E-state index contributed by atoms with van der Waals surface area (Å²) in [4.78, 5) is 52.4. The molecular weight excluding hydrogens is 761 g/mol. The summed E-state index contributed by atoms with van der Waals surface area (Å²) >= 11 is 0. The molecule has 2 aliphatic rings. The molecule has 12 heteroatoms. The van der Waals surface area contributed by atoms with Gasteiger partial charge in [-0.1, -0.05) is 110 Å². The molecule has 4 aromatic rings. The number of carbonyl (C=O) groups excluding carboxylic acids is 2. The van der Waals surface area contributed by atoms with Gasteiger partial charge in [0.2, 0.25) is 12.2 Å². The van der Waals surface area contributed by atoms with Gasteiger partial charge in [-0.3, -0.25) is 9.80 Å². The van der Waals surface area contributed by atoms with Crippen LogP contribution in [0.3, 0.4) is 0 Å². The van der Waals surface area contributed by atoms with Crippen LogP contribution in [0.4, 0.5) is 0 Å². The van der Waals surface area contributed by atoms with Gasteiger partial charge >= 0.3 is 23.9 Å². The third-order valence-corrected chi connectivity index (χ3v) is 11.1. The van der Waals surface area contributed by atoms with E-state index in [9.17, 15) is 29.4 Å². The Labute approximate surface area is 354 Å². The summed E-state index contributed by atoms with van der Waals surface area (Å²) in [5.74, 6) is -4.02. The third-order valence-electron chi connectivity index (χ3n) is 11.1. The molecule has 0 aliphatic carbocycles. The first-order valence-corrected chi connectivity index (χ1v) is 20.7. The molecule has 12 nitrogen and oxygen atoms in total. The van der Waals surface area contributed by atoms with Crippen LogP contribution in [0.5, 0.6) is 0 Å². The second kappa shape index (κ2) is 24.0. The van der Waals surface area contributed by atoms with Crippen molar-refractivity contribution in [1.29, 1.82) is 0 Å². The number of aliphatic carboxylic acids is 2. The Morgan fingerprint density at radius 3 is 1.22 bits per heavy atom. The van der Waals surface area contributed by atoms with Crippen LogP contribution >= 0.6 is 0 Å². The largest absolute Gasteiger partial charge is 0.478 e. The monoisotopic (exact) mass is 822 g/mol. The maximum Gasteiger partial charge on any atom is 0.349 e. The van der Waals surface area contributed by atoms with Gasteiger partial charge in [-0.05, 0) is 101 Å². The van der Waals surface area contributed by atoms with E-state index in [0.717, 1.165) is 36.1 Å². The number of likely N-dealkylation sites (tertiary alicyclic amines) is 2. The predicted molar refractivity (Wildman–Crippen MR) is 233 cm³/mol. The minimum atomic E-state index is -2.22. The van der Waals surface area contributed by atoms with Gasteiger partial charge in [-0.2, -0.15) is 0 Å². The molecule has 6 atom stereocenters. The number of piperidine rings is 2. The first kappa shape index (κ1) is 47.3. The van der Waals surface area contributed by atoms with Crippen molar-refractivity contribution >= 4 is 23.9 Å². The summed E-state index contributed by atoms with van der Waals surface area (Å²) < 4.78 is 9.64. The highest BCUT2D eigenvalue weighted by Crippen LogP contribution is 2.20. The normalized spacial score (nSPS) is 20.2. The van der Waals surface area contributed by atoms with Crippen LogP contribution in [-0.2, 0) is 32.2 Å². The molecule has 2 aliphatic heterocycles. The lowest BCUT2D eigenvalue weighted by molar-refractivity contribution is -0.166. The zero-order chi connectivity index (χ0) is 43.6. The van der Waals surface area contributed by atoms with Crippen LogP contribution in [0, 0.1) is 25.7 Å². The van der Waals surface area contributed by atoms with Gasteiger partial charge in [0, 0.05) is 38.3 Å². The van der Waals surface area contributed by atoms with Crippen LogP contribution in [0.2, 0.25) is 0 Å². The number of esters is 2. The fraction of sp³-hybridized carbons (Fsp3) is 0.417. The van der Waals surface area contributed by atoms with Crippen molar-refractivity contribution in [3.8, 4) is 0 Å². The second-order valence-corrected chi connectivity index (χ2v) is 15.8. The maximum atomic E-state index is 12.2. The van der Waals surface area contributed by atoms with Crippen molar-refractivity contribution in [3.05, 3.63) is 143 Å². The number of carbonyl (C=O) groups is 4. The fourth-order valence-electron chi connectivity index (χ4n) is 7.23. The van der Waals surface area contributed by atoms with Crippen molar-refractivity contribution < 1.29 is 38.9 Å². The minimum Gasteiger partial charge on any atom is -0.478 e. The zero-order valence-corrected chi connectivity index (χ0v) is 35.8. The maximum absolute atomic E-state index is 12.2. The van der Waals surface area contributed by atoms with Crippen LogP contribution in [0.25, 0.3) is 0 Å². The molecule has 0 aromatic heterocycles. The Morgan fingerprint density at radius 1 is 0.583 bits per heavy atom. The van der Waals surface area contributed by atoms with Crippen LogP contribution in [0.1, 0.15) is 69.7 Å². The number of carboxylic acids is 2. The Kier molecular flexibility index (Phi) is 18.9. The van der Waals surface area contributed by atoms with Gasteiger partial charge in [0.25, 0.3) is 0 Å². The standard InChI is InChI=1S/C20H18O8.2C14H22N2/c1-11-3-7-13(8-4-11)19(25)27-15(17(21)22)16(18(23)24)28-20(26)14-9-5-12(2)6-10-14;2*1-12-8-9-16(11-14(12)15-2)10-13-6-4-3-5-7-13/h3-10,15-16H,1-2H3,(H,21,22)(H,23,24);2*3-7,12,14-15H,8-11H2,1-2H3/t15-,16-;2*12-,14?/m111/s1. The number of likely N-dealkylation sites (N-methyl/N-ethyl adjacent to an activating group) is 2. The van der Waals surface area contributed by atoms with E-state index >= 15 is 0 Å². The minimum absolute atomic E-state index is 0.0332. The Morgan fingerprint density at radius 2 is 0.917 bits per heavy atom. The van der Waals surface area contributed by atoms with E-state index in [1.807, 2.05) is 0 Å². The van der Waals surface area contributed by atoms with Crippen molar-refractivity contribution in [2.45, 2.75) is 77.9 Å². The van der Waals surface area contributed by atoms with E-state index in [0.29, 0.717) is 12.1 Å². The lowest BCUT2D eigenvalue weighted by Gasteiger charge is -2.37. The summed E-state index contributed by atoms with van der Waals surface area (Å²) in [6.07, 6.45) is -1.84. The van der Waals surface area contributed by atoms with E-state index < -0.39 is 36.1 Å². The fourth-order valence-corrected chi connectivity index (χ4v) is 7.23. The highest BCUT2D eigenvalue weighted by Gasteiger charge is 2.41. The van der Waals surface area contributed by atoms with Gasteiger partial charge in [0.1, 0.15) is 0 Å². The summed E-state index contributed by atoms with van der Waals surface area (Å²) in [6.45, 7) is 15.3. The Hall–Kier alpha value is -5.40. The molecule has 60 heavy (non-hydrogen) atoms. The average Bonchev–Trinajstić information content (AvgIpc) is 3.25. The molecule has 0 saturated carbocycles. The summed E-state index contributed by atoms with van der Waals surface area (Å²) in [5.41, 5.74) is 4.64. The SMILES string of the molecule is CNC1CN(Cc2ccccc2)CC[C@H]1C.CNC1CN(Cc2ccccc2)CC[C@H]1C.Cc1ccc(C(=O)O[C@@H](C(=O)O)[C@@H](OC(=O)c2ccc(C)cc2)C(=O)O)cc1. The number of carboxylic acid groups (broad SMARTS) is 2. The van der Waals surface area contributed by atoms with E-state index in [4.69, 9.17) is 9.47 Å². The highest BCUT2D eigenvalue weighted by molar-refractivity contribution is 5.95. The van der Waals surface area contributed by atoms with E-state index in [1.54, 1.807) is 38.1 Å². The van der Waals surface area contributed by atoms with Crippen molar-refractivity contribution in [2.24, 2.45) is 11.8 Å². The van der Waals surface area contributed by atoms with E-state index in [-0.39, 0.29) is 11.1 Å². The Balaban J connectivity index is 0.000000212. The molecule has 322 valence electrons. The Bertz CT molecular complexity index is 1790. The van der Waals surface area contributed by atoms with Gasteiger partial charge < -0.3 is 30.3 Å². The smallest absolute Gasteiger partial charge is 0.349 e. The summed E-state index contributed by atoms with van der Waals surface area (Å²) in [5, 5.41) is 25.5. The average molecular weight is 823 g/mol. The lowest BCUT2D eigenvalue weighted by atomic mass is 9.93. The molecule has 0 amide bonds. The number of nitrogens with one attached hydrogen (secondary N) is 2. The number of aryl methyl sites for hydroxylation is 2. The molecule has 0 bridgehead atoms. The number of benzene rings is 4. The molecule has 0 spiro atoms. The predicted octanol–water partition coefficient (Wildman–Crippen LogP) is 6.46. The topological polar surface area (TPSA) is 158 Å². The first-order valence-electron chi connectivity index (χ1n) is 20.7. The van der Waals surface area contributed by atoms with Crippen LogP contribution in [0.15, 0.2) is 109 Å².